The summed E-state index contributed by atoms with van der Waals surface area (Å²) in [5.74, 6) is -0.604. The van der Waals surface area contributed by atoms with Crippen LogP contribution < -0.4 is 0 Å². The van der Waals surface area contributed by atoms with Crippen molar-refractivity contribution in [1.82, 2.24) is 0 Å². The first-order valence-corrected chi connectivity index (χ1v) is 4.94. The number of hydrogen-bond acceptors (Lipinski definition) is 2. The van der Waals surface area contributed by atoms with Crippen LogP contribution in [0.3, 0.4) is 0 Å². The second-order valence-electron chi connectivity index (χ2n) is 4.61. The minimum absolute atomic E-state index is 0.189. The highest BCUT2D eigenvalue weighted by Gasteiger charge is 2.56. The van der Waals surface area contributed by atoms with Crippen LogP contribution in [0.4, 0.5) is 0 Å². The lowest BCUT2D eigenvalue weighted by molar-refractivity contribution is -0.155. The van der Waals surface area contributed by atoms with Gasteiger partial charge in [0.1, 0.15) is 0 Å². The molecule has 0 unspecified atom stereocenters. The van der Waals surface area contributed by atoms with Crippen molar-refractivity contribution in [3.05, 3.63) is 0 Å². The van der Waals surface area contributed by atoms with Crippen molar-refractivity contribution in [2.24, 2.45) is 10.8 Å². The molecule has 0 atom stereocenters. The molecular formula is C10H16O3. The molecule has 1 aliphatic heterocycles. The van der Waals surface area contributed by atoms with E-state index in [1.165, 1.54) is 0 Å². The SMILES string of the molecule is CCC1(CC2(C(=O)O)CC2)COC1. The van der Waals surface area contributed by atoms with E-state index in [1.54, 1.807) is 0 Å². The Labute approximate surface area is 78.1 Å². The van der Waals surface area contributed by atoms with Crippen molar-refractivity contribution in [3.8, 4) is 0 Å². The summed E-state index contributed by atoms with van der Waals surface area (Å²) in [5.41, 5.74) is -0.186. The zero-order valence-electron chi connectivity index (χ0n) is 8.01. The average Bonchev–Trinajstić information content (AvgIpc) is 2.78. The van der Waals surface area contributed by atoms with Crippen LogP contribution in [-0.4, -0.2) is 24.3 Å². The smallest absolute Gasteiger partial charge is 0.309 e. The van der Waals surface area contributed by atoms with Gasteiger partial charge in [0, 0.05) is 5.41 Å². The molecule has 0 radical (unpaired) electrons. The van der Waals surface area contributed by atoms with Gasteiger partial charge in [-0.3, -0.25) is 4.79 Å². The zero-order chi connectivity index (χ0) is 9.53. The summed E-state index contributed by atoms with van der Waals surface area (Å²) >= 11 is 0. The van der Waals surface area contributed by atoms with Crippen LogP contribution in [0.25, 0.3) is 0 Å². The van der Waals surface area contributed by atoms with E-state index < -0.39 is 5.97 Å². The number of carboxylic acids is 1. The molecule has 0 aromatic heterocycles. The van der Waals surface area contributed by atoms with Crippen molar-refractivity contribution in [3.63, 3.8) is 0 Å². The van der Waals surface area contributed by atoms with Crippen LogP contribution in [0.5, 0.6) is 0 Å². The maximum Gasteiger partial charge on any atom is 0.309 e. The lowest BCUT2D eigenvalue weighted by Gasteiger charge is -2.42. The highest BCUT2D eigenvalue weighted by Crippen LogP contribution is 2.56. The third-order valence-electron chi connectivity index (χ3n) is 3.59. The van der Waals surface area contributed by atoms with E-state index in [9.17, 15) is 4.79 Å². The molecule has 1 saturated heterocycles. The zero-order valence-corrected chi connectivity index (χ0v) is 8.01. The summed E-state index contributed by atoms with van der Waals surface area (Å²) in [6.45, 7) is 3.65. The molecule has 2 fully saturated rings. The molecule has 1 aliphatic carbocycles. The van der Waals surface area contributed by atoms with E-state index in [2.05, 4.69) is 6.92 Å². The predicted octanol–water partition coefficient (Wildman–Crippen LogP) is 1.67. The third kappa shape index (κ3) is 1.35. The molecule has 1 N–H and O–H groups in total. The van der Waals surface area contributed by atoms with Gasteiger partial charge in [0.2, 0.25) is 0 Å². The van der Waals surface area contributed by atoms with Crippen molar-refractivity contribution in [2.75, 3.05) is 13.2 Å². The minimum Gasteiger partial charge on any atom is -0.481 e. The van der Waals surface area contributed by atoms with E-state index in [0.29, 0.717) is 0 Å². The Morgan fingerprint density at radius 3 is 2.31 bits per heavy atom. The normalized spacial score (nSPS) is 27.8. The van der Waals surface area contributed by atoms with Gasteiger partial charge in [0.25, 0.3) is 0 Å². The molecule has 1 heterocycles. The Morgan fingerprint density at radius 1 is 1.46 bits per heavy atom. The van der Waals surface area contributed by atoms with Crippen LogP contribution in [0, 0.1) is 10.8 Å². The largest absolute Gasteiger partial charge is 0.481 e. The van der Waals surface area contributed by atoms with Crippen LogP contribution in [0.15, 0.2) is 0 Å². The molecule has 74 valence electrons. The van der Waals surface area contributed by atoms with Crippen molar-refractivity contribution >= 4 is 5.97 Å². The summed E-state index contributed by atoms with van der Waals surface area (Å²) in [7, 11) is 0. The molecule has 3 nitrogen and oxygen atoms in total. The summed E-state index contributed by atoms with van der Waals surface area (Å²) in [6.07, 6.45) is 3.60. The molecule has 2 aliphatic rings. The Balaban J connectivity index is 2.00. The van der Waals surface area contributed by atoms with Crippen LogP contribution >= 0.6 is 0 Å². The topological polar surface area (TPSA) is 46.5 Å². The molecule has 0 bridgehead atoms. The fourth-order valence-electron chi connectivity index (χ4n) is 2.16. The fraction of sp³-hybridized carbons (Fsp3) is 0.900. The van der Waals surface area contributed by atoms with Gasteiger partial charge in [0.05, 0.1) is 18.6 Å². The summed E-state index contributed by atoms with van der Waals surface area (Å²) in [5, 5.41) is 9.04. The summed E-state index contributed by atoms with van der Waals surface area (Å²) < 4.78 is 5.19. The Hall–Kier alpha value is -0.570. The van der Waals surface area contributed by atoms with E-state index in [1.807, 2.05) is 0 Å². The minimum atomic E-state index is -0.604. The fourth-order valence-corrected chi connectivity index (χ4v) is 2.16. The number of hydrogen-bond donors (Lipinski definition) is 1. The van der Waals surface area contributed by atoms with Gasteiger partial charge in [-0.1, -0.05) is 6.92 Å². The van der Waals surface area contributed by atoms with Gasteiger partial charge in [-0.25, -0.2) is 0 Å². The van der Waals surface area contributed by atoms with Crippen LogP contribution in [0.1, 0.15) is 32.6 Å². The quantitative estimate of drug-likeness (QED) is 0.722. The van der Waals surface area contributed by atoms with E-state index in [0.717, 1.165) is 38.9 Å². The average molecular weight is 184 g/mol. The van der Waals surface area contributed by atoms with E-state index in [-0.39, 0.29) is 10.8 Å². The first-order chi connectivity index (χ1) is 6.13. The van der Waals surface area contributed by atoms with Crippen molar-refractivity contribution in [1.29, 1.82) is 0 Å². The summed E-state index contributed by atoms with van der Waals surface area (Å²) in [4.78, 5) is 11.0. The van der Waals surface area contributed by atoms with Crippen molar-refractivity contribution < 1.29 is 14.6 Å². The summed E-state index contributed by atoms with van der Waals surface area (Å²) in [6, 6.07) is 0. The van der Waals surface area contributed by atoms with Gasteiger partial charge in [-0.15, -0.1) is 0 Å². The number of carbonyl (C=O) groups is 1. The standard InChI is InChI=1S/C10H16O3/c1-2-9(6-13-7-9)5-10(3-4-10)8(11)12/h2-7H2,1H3,(H,11,12). The van der Waals surface area contributed by atoms with E-state index >= 15 is 0 Å². The number of rotatable bonds is 4. The predicted molar refractivity (Wildman–Crippen MR) is 47.5 cm³/mol. The third-order valence-corrected chi connectivity index (χ3v) is 3.59. The lowest BCUT2D eigenvalue weighted by atomic mass is 9.74. The first-order valence-electron chi connectivity index (χ1n) is 4.94. The second kappa shape index (κ2) is 2.71. The maximum absolute atomic E-state index is 11.0. The molecule has 3 heteroatoms. The van der Waals surface area contributed by atoms with Gasteiger partial charge in [0.15, 0.2) is 0 Å². The first kappa shape index (κ1) is 9.00. The number of aliphatic carboxylic acids is 1. The maximum atomic E-state index is 11.0. The molecule has 0 aromatic rings. The van der Waals surface area contributed by atoms with Gasteiger partial charge >= 0.3 is 5.97 Å². The van der Waals surface area contributed by atoms with Crippen molar-refractivity contribution in [2.45, 2.75) is 32.6 Å². The van der Waals surface area contributed by atoms with Gasteiger partial charge < -0.3 is 9.84 Å². The molecule has 0 spiro atoms. The highest BCUT2D eigenvalue weighted by molar-refractivity contribution is 5.77. The van der Waals surface area contributed by atoms with Crippen LogP contribution in [0.2, 0.25) is 0 Å². The van der Waals surface area contributed by atoms with Crippen LogP contribution in [-0.2, 0) is 9.53 Å². The van der Waals surface area contributed by atoms with Gasteiger partial charge in [-0.2, -0.15) is 0 Å². The number of carboxylic acid groups (broad SMARTS) is 1. The highest BCUT2D eigenvalue weighted by atomic mass is 16.5. The molecule has 0 amide bonds. The Bertz CT molecular complexity index is 221. The molecule has 2 rings (SSSR count). The Morgan fingerprint density at radius 2 is 2.08 bits per heavy atom. The molecule has 13 heavy (non-hydrogen) atoms. The van der Waals surface area contributed by atoms with Gasteiger partial charge in [-0.05, 0) is 25.7 Å². The Kier molecular flexibility index (Phi) is 1.88. The molecular weight excluding hydrogens is 168 g/mol. The second-order valence-corrected chi connectivity index (χ2v) is 4.61. The molecule has 1 saturated carbocycles. The lowest BCUT2D eigenvalue weighted by Crippen LogP contribution is -2.44. The van der Waals surface area contributed by atoms with E-state index in [4.69, 9.17) is 9.84 Å². The monoisotopic (exact) mass is 184 g/mol. The molecule has 0 aromatic carbocycles. The number of ether oxygens (including phenoxy) is 1.